The summed E-state index contributed by atoms with van der Waals surface area (Å²) >= 11 is 0. The lowest BCUT2D eigenvalue weighted by Gasteiger charge is -2.14. The molecule has 0 aliphatic rings. The van der Waals surface area contributed by atoms with Crippen molar-refractivity contribution in [2.24, 2.45) is 0 Å². The van der Waals surface area contributed by atoms with Gasteiger partial charge in [-0.15, -0.1) is 0 Å². The molecule has 0 rings (SSSR count). The maximum Gasteiger partial charge on any atom is 0.130 e. The minimum atomic E-state index is -0.954. The van der Waals surface area contributed by atoms with Gasteiger partial charge >= 0.3 is 0 Å². The first-order valence-electron chi connectivity index (χ1n) is 3.98. The highest BCUT2D eigenvalue weighted by Crippen LogP contribution is 2.11. The lowest BCUT2D eigenvalue weighted by molar-refractivity contribution is 0.0614. The summed E-state index contributed by atoms with van der Waals surface area (Å²) < 4.78 is 17.8. The Labute approximate surface area is 68.2 Å². The van der Waals surface area contributed by atoms with Gasteiger partial charge in [-0.1, -0.05) is 32.4 Å². The normalized spacial score (nSPS) is 15.9. The molecule has 0 aromatic heterocycles. The van der Waals surface area contributed by atoms with Crippen molar-refractivity contribution in [2.45, 2.75) is 38.5 Å². The fraction of sp³-hybridized carbons (Fsp3) is 0.778. The van der Waals surface area contributed by atoms with Gasteiger partial charge in [-0.3, -0.25) is 0 Å². The number of alkyl halides is 1. The van der Waals surface area contributed by atoms with Gasteiger partial charge in [-0.2, -0.15) is 0 Å². The van der Waals surface area contributed by atoms with E-state index in [1.165, 1.54) is 13.2 Å². The molecule has 0 aliphatic heterocycles. The smallest absolute Gasteiger partial charge is 0.130 e. The Morgan fingerprint density at radius 2 is 2.27 bits per heavy atom. The van der Waals surface area contributed by atoms with Crippen molar-refractivity contribution in [1.82, 2.24) is 0 Å². The molecule has 2 atom stereocenters. The zero-order chi connectivity index (χ0) is 8.69. The average Bonchev–Trinajstić information content (AvgIpc) is 2.03. The summed E-state index contributed by atoms with van der Waals surface area (Å²) in [6.07, 6.45) is 2.19. The number of unbranched alkanes of at least 4 members (excludes halogenated alkanes) is 1. The minimum absolute atomic E-state index is 0.530. The van der Waals surface area contributed by atoms with E-state index in [-0.39, 0.29) is 0 Å². The summed E-state index contributed by atoms with van der Waals surface area (Å²) in [7, 11) is 1.46. The van der Waals surface area contributed by atoms with E-state index in [1.807, 2.05) is 6.92 Å². The van der Waals surface area contributed by atoms with Crippen molar-refractivity contribution in [1.29, 1.82) is 0 Å². The highest BCUT2D eigenvalue weighted by Gasteiger charge is 2.15. The summed E-state index contributed by atoms with van der Waals surface area (Å²) in [5.41, 5.74) is 0. The Morgan fingerprint density at radius 1 is 1.64 bits per heavy atom. The Kier molecular flexibility index (Phi) is 6.13. The number of methoxy groups -OCH3 is 1. The molecule has 1 radical (unpaired) electrons. The van der Waals surface area contributed by atoms with E-state index in [2.05, 4.69) is 0 Å². The molecular weight excluding hydrogens is 143 g/mol. The Bertz CT molecular complexity index is 104. The molecule has 0 N–H and O–H groups in total. The fourth-order valence-electron chi connectivity index (χ4n) is 0.910. The second-order valence-corrected chi connectivity index (χ2v) is 2.55. The number of halogens is 1. The third-order valence-electron chi connectivity index (χ3n) is 1.65. The van der Waals surface area contributed by atoms with Crippen LogP contribution in [-0.4, -0.2) is 19.4 Å². The molecule has 0 aliphatic carbocycles. The molecule has 11 heavy (non-hydrogen) atoms. The number of hydrogen-bond acceptors (Lipinski definition) is 1. The molecule has 2 unspecified atom stereocenters. The molecule has 0 aromatic carbocycles. The summed E-state index contributed by atoms with van der Waals surface area (Å²) in [5.74, 6) is 0. The number of hydrogen-bond donors (Lipinski definition) is 0. The monoisotopic (exact) mass is 159 g/mol. The van der Waals surface area contributed by atoms with E-state index >= 15 is 0 Å². The van der Waals surface area contributed by atoms with Crippen molar-refractivity contribution in [2.75, 3.05) is 7.11 Å². The van der Waals surface area contributed by atoms with Crippen LogP contribution >= 0.6 is 0 Å². The van der Waals surface area contributed by atoms with Crippen molar-refractivity contribution in [3.63, 3.8) is 0 Å². The molecule has 0 aromatic rings. The number of rotatable bonds is 6. The van der Waals surface area contributed by atoms with Crippen LogP contribution in [0.2, 0.25) is 0 Å². The highest BCUT2D eigenvalue weighted by atomic mass is 19.1. The van der Waals surface area contributed by atoms with Crippen LogP contribution in [0.3, 0.4) is 0 Å². The van der Waals surface area contributed by atoms with Gasteiger partial charge in [0, 0.05) is 7.11 Å². The predicted molar refractivity (Wildman–Crippen MR) is 44.1 cm³/mol. The van der Waals surface area contributed by atoms with E-state index in [9.17, 15) is 4.39 Å². The van der Waals surface area contributed by atoms with Gasteiger partial charge in [0.05, 0.1) is 0 Å². The van der Waals surface area contributed by atoms with Crippen LogP contribution in [0.25, 0.3) is 0 Å². The molecule has 0 heterocycles. The zero-order valence-electron chi connectivity index (χ0n) is 7.22. The summed E-state index contributed by atoms with van der Waals surface area (Å²) in [6, 6.07) is 0. The van der Waals surface area contributed by atoms with Gasteiger partial charge in [0.25, 0.3) is 0 Å². The fourth-order valence-corrected chi connectivity index (χ4v) is 0.910. The van der Waals surface area contributed by atoms with Crippen LogP contribution in [0.5, 0.6) is 0 Å². The van der Waals surface area contributed by atoms with E-state index in [1.54, 1.807) is 0 Å². The quantitative estimate of drug-likeness (QED) is 0.578. The van der Waals surface area contributed by atoms with Crippen LogP contribution < -0.4 is 0 Å². The molecule has 0 fully saturated rings. The van der Waals surface area contributed by atoms with Gasteiger partial charge < -0.3 is 4.74 Å². The average molecular weight is 159 g/mol. The van der Waals surface area contributed by atoms with Gasteiger partial charge in [0.15, 0.2) is 0 Å². The molecule has 0 bridgehead atoms. The molecule has 0 amide bonds. The van der Waals surface area contributed by atoms with Crippen LogP contribution in [-0.2, 0) is 4.74 Å². The van der Waals surface area contributed by atoms with Crippen molar-refractivity contribution >= 4 is 0 Å². The third kappa shape index (κ3) is 4.14. The largest absolute Gasteiger partial charge is 0.374 e. The second-order valence-electron chi connectivity index (χ2n) is 2.55. The van der Waals surface area contributed by atoms with Gasteiger partial charge in [-0.05, 0) is 6.42 Å². The summed E-state index contributed by atoms with van der Waals surface area (Å²) in [6.45, 7) is 7.19. The molecule has 65 valence electrons. The van der Waals surface area contributed by atoms with Crippen LogP contribution in [0.15, 0.2) is 6.08 Å². The molecule has 0 saturated carbocycles. The first-order chi connectivity index (χ1) is 5.26. The Hall–Kier alpha value is -0.370. The van der Waals surface area contributed by atoms with Crippen LogP contribution in [0.4, 0.5) is 4.39 Å². The van der Waals surface area contributed by atoms with Crippen LogP contribution in [0, 0.1) is 6.58 Å². The maximum atomic E-state index is 13.0. The SMILES string of the molecule is [CH]=CC(OC)C(F)CCCC. The van der Waals surface area contributed by atoms with Crippen molar-refractivity contribution in [3.8, 4) is 0 Å². The summed E-state index contributed by atoms with van der Waals surface area (Å²) in [5, 5.41) is 0. The lowest BCUT2D eigenvalue weighted by Crippen LogP contribution is -2.21. The van der Waals surface area contributed by atoms with Gasteiger partial charge in [-0.25, -0.2) is 4.39 Å². The topological polar surface area (TPSA) is 9.23 Å². The minimum Gasteiger partial charge on any atom is -0.374 e. The van der Waals surface area contributed by atoms with E-state index in [0.717, 1.165) is 12.8 Å². The Balaban J connectivity index is 3.59. The van der Waals surface area contributed by atoms with E-state index in [0.29, 0.717) is 6.42 Å². The standard InChI is InChI=1S/C9H16FO/c1-4-6-7-8(10)9(5-2)11-3/h2,5,8-9H,4,6-7H2,1,3H3. The first kappa shape index (κ1) is 10.6. The highest BCUT2D eigenvalue weighted by molar-refractivity contribution is 4.83. The molecule has 2 heteroatoms. The second kappa shape index (κ2) is 6.35. The van der Waals surface area contributed by atoms with E-state index < -0.39 is 12.3 Å². The van der Waals surface area contributed by atoms with Gasteiger partial charge in [0.2, 0.25) is 0 Å². The Morgan fingerprint density at radius 3 is 2.64 bits per heavy atom. The van der Waals surface area contributed by atoms with Gasteiger partial charge in [0.1, 0.15) is 12.3 Å². The zero-order valence-corrected chi connectivity index (χ0v) is 7.22. The number of ether oxygens (including phenoxy) is 1. The lowest BCUT2D eigenvalue weighted by atomic mass is 10.1. The summed E-state index contributed by atoms with van der Waals surface area (Å²) in [4.78, 5) is 0. The van der Waals surface area contributed by atoms with E-state index in [4.69, 9.17) is 11.3 Å². The van der Waals surface area contributed by atoms with Crippen molar-refractivity contribution < 1.29 is 9.13 Å². The van der Waals surface area contributed by atoms with Crippen molar-refractivity contribution in [3.05, 3.63) is 12.7 Å². The maximum absolute atomic E-state index is 13.0. The molecule has 0 spiro atoms. The van der Waals surface area contributed by atoms with Crippen LogP contribution in [0.1, 0.15) is 26.2 Å². The molecular formula is C9H16FO. The predicted octanol–water partition coefficient (Wildman–Crippen LogP) is 2.52. The molecule has 0 saturated heterocycles. The third-order valence-corrected chi connectivity index (χ3v) is 1.65. The first-order valence-corrected chi connectivity index (χ1v) is 3.98. The molecule has 1 nitrogen and oxygen atoms in total.